The Morgan fingerprint density at radius 1 is 1.23 bits per heavy atom. The second-order valence-corrected chi connectivity index (χ2v) is 7.13. The van der Waals surface area contributed by atoms with E-state index in [0.717, 1.165) is 16.2 Å². The molecule has 1 saturated heterocycles. The monoisotopic (exact) mass is 358 g/mol. The molecule has 3 rings (SSSR count). The lowest BCUT2D eigenvalue weighted by Crippen LogP contribution is -2.50. The fraction of sp³-hybridized carbons (Fsp3) is 0.471. The molecule has 0 radical (unpaired) electrons. The minimum absolute atomic E-state index is 0.00389. The normalized spacial score (nSPS) is 18.0. The van der Waals surface area contributed by atoms with Crippen molar-refractivity contribution >= 4 is 11.9 Å². The third-order valence-electron chi connectivity index (χ3n) is 4.10. The van der Waals surface area contributed by atoms with Gasteiger partial charge >= 0.3 is 6.03 Å². The van der Waals surface area contributed by atoms with Crippen molar-refractivity contribution < 1.29 is 14.3 Å². The molecule has 0 saturated carbocycles. The zero-order chi connectivity index (χ0) is 18.9. The Bertz CT molecular complexity index is 791. The molecule has 1 aromatic carbocycles. The Kier molecular flexibility index (Phi) is 4.62. The number of tetrazole rings is 1. The zero-order valence-corrected chi connectivity index (χ0v) is 15.3. The first kappa shape index (κ1) is 17.8. The third-order valence-corrected chi connectivity index (χ3v) is 4.10. The van der Waals surface area contributed by atoms with Crippen molar-refractivity contribution in [3.63, 3.8) is 0 Å². The van der Waals surface area contributed by atoms with Gasteiger partial charge in [-0.3, -0.25) is 9.69 Å². The molecule has 0 spiro atoms. The molecule has 9 heteroatoms. The summed E-state index contributed by atoms with van der Waals surface area (Å²) in [6.45, 7) is 5.82. The van der Waals surface area contributed by atoms with Gasteiger partial charge in [-0.15, -0.1) is 10.2 Å². The minimum atomic E-state index is -0.464. The second-order valence-electron chi connectivity index (χ2n) is 7.13. The summed E-state index contributed by atoms with van der Waals surface area (Å²) in [5, 5.41) is 15.0. The highest BCUT2D eigenvalue weighted by molar-refractivity contribution is 5.97. The van der Waals surface area contributed by atoms with E-state index in [1.807, 2.05) is 32.9 Å². The molecule has 0 bridgehead atoms. The number of nitrogens with one attached hydrogen (secondary N) is 1. The number of hydrogen-bond acceptors (Lipinski definition) is 6. The van der Waals surface area contributed by atoms with Gasteiger partial charge in [-0.2, -0.15) is 4.80 Å². The van der Waals surface area contributed by atoms with E-state index >= 15 is 0 Å². The van der Waals surface area contributed by atoms with Crippen LogP contribution in [0.2, 0.25) is 0 Å². The van der Waals surface area contributed by atoms with Gasteiger partial charge in [0.25, 0.3) is 0 Å². The van der Waals surface area contributed by atoms with Gasteiger partial charge in [-0.05, 0) is 43.7 Å². The number of methoxy groups -OCH3 is 1. The summed E-state index contributed by atoms with van der Waals surface area (Å²) < 4.78 is 5.12. The quantitative estimate of drug-likeness (QED) is 0.891. The van der Waals surface area contributed by atoms with Crippen molar-refractivity contribution in [2.75, 3.05) is 7.11 Å². The lowest BCUT2D eigenvalue weighted by atomic mass is 10.0. The number of urea groups is 1. The van der Waals surface area contributed by atoms with E-state index in [9.17, 15) is 9.59 Å². The van der Waals surface area contributed by atoms with Gasteiger partial charge in [0, 0.05) is 0 Å². The topological polar surface area (TPSA) is 102 Å². The number of carbonyl (C=O) groups excluding carboxylic acids is 2. The summed E-state index contributed by atoms with van der Waals surface area (Å²) in [4.78, 5) is 27.5. The molecule has 26 heavy (non-hydrogen) atoms. The standard InChI is InChI=1S/C17H22N6O3/c1-17(2,3)23-20-14(19-21-23)10-22-15(24)9-13(18-16(22)25)11-5-7-12(26-4)8-6-11/h5-8,13H,9-10H2,1-4H3,(H,18,25). The van der Waals surface area contributed by atoms with Crippen LogP contribution in [0.25, 0.3) is 0 Å². The van der Waals surface area contributed by atoms with E-state index in [0.29, 0.717) is 5.82 Å². The van der Waals surface area contributed by atoms with Crippen LogP contribution >= 0.6 is 0 Å². The molecule has 3 amide bonds. The highest BCUT2D eigenvalue weighted by Crippen LogP contribution is 2.25. The molecule has 9 nitrogen and oxygen atoms in total. The molecule has 0 aliphatic carbocycles. The average molecular weight is 358 g/mol. The number of benzene rings is 1. The summed E-state index contributed by atoms with van der Waals surface area (Å²) in [6.07, 6.45) is 0.172. The lowest BCUT2D eigenvalue weighted by Gasteiger charge is -2.30. The number of aromatic nitrogens is 4. The van der Waals surface area contributed by atoms with Crippen molar-refractivity contribution in [3.05, 3.63) is 35.7 Å². The van der Waals surface area contributed by atoms with Crippen LogP contribution in [0.15, 0.2) is 24.3 Å². The first-order valence-corrected chi connectivity index (χ1v) is 8.32. The van der Waals surface area contributed by atoms with Crippen molar-refractivity contribution in [3.8, 4) is 5.75 Å². The predicted molar refractivity (Wildman–Crippen MR) is 92.2 cm³/mol. The van der Waals surface area contributed by atoms with Crippen LogP contribution in [0.5, 0.6) is 5.75 Å². The Hall–Kier alpha value is -2.97. The van der Waals surface area contributed by atoms with E-state index in [1.54, 1.807) is 19.2 Å². The summed E-state index contributed by atoms with van der Waals surface area (Å²) in [5.41, 5.74) is 0.530. The molecule has 1 N–H and O–H groups in total. The molecule has 1 aliphatic rings. The van der Waals surface area contributed by atoms with Gasteiger partial charge in [-0.25, -0.2) is 4.79 Å². The molecular formula is C17H22N6O3. The van der Waals surface area contributed by atoms with Crippen LogP contribution in [0.1, 0.15) is 44.6 Å². The third kappa shape index (κ3) is 3.66. The van der Waals surface area contributed by atoms with Crippen LogP contribution in [0.3, 0.4) is 0 Å². The lowest BCUT2D eigenvalue weighted by molar-refractivity contribution is -0.130. The molecule has 1 aliphatic heterocycles. The molecule has 1 fully saturated rings. The minimum Gasteiger partial charge on any atom is -0.497 e. The number of nitrogens with zero attached hydrogens (tertiary/aromatic N) is 5. The largest absolute Gasteiger partial charge is 0.497 e. The smallest absolute Gasteiger partial charge is 0.325 e. The average Bonchev–Trinajstić information content (AvgIpc) is 3.07. The first-order chi connectivity index (χ1) is 12.3. The van der Waals surface area contributed by atoms with Gasteiger partial charge in [0.1, 0.15) is 5.75 Å². The Balaban J connectivity index is 1.69. The first-order valence-electron chi connectivity index (χ1n) is 8.32. The maximum absolute atomic E-state index is 12.5. The molecule has 138 valence electrons. The van der Waals surface area contributed by atoms with Crippen LogP contribution in [-0.2, 0) is 16.9 Å². The maximum atomic E-state index is 12.5. The van der Waals surface area contributed by atoms with Gasteiger partial charge in [0.05, 0.1) is 31.7 Å². The summed E-state index contributed by atoms with van der Waals surface area (Å²) in [6, 6.07) is 6.44. The number of rotatable bonds is 4. The number of carbonyl (C=O) groups is 2. The molecule has 2 aromatic rings. The van der Waals surface area contributed by atoms with Crippen LogP contribution < -0.4 is 10.1 Å². The zero-order valence-electron chi connectivity index (χ0n) is 15.3. The van der Waals surface area contributed by atoms with E-state index in [1.165, 1.54) is 4.80 Å². The fourth-order valence-corrected chi connectivity index (χ4v) is 2.61. The molecule has 1 aromatic heterocycles. The van der Waals surface area contributed by atoms with E-state index in [-0.39, 0.29) is 30.5 Å². The predicted octanol–water partition coefficient (Wildman–Crippen LogP) is 1.62. The molecule has 1 unspecified atom stereocenters. The number of imide groups is 1. The van der Waals surface area contributed by atoms with Crippen molar-refractivity contribution in [2.45, 2.75) is 45.3 Å². The van der Waals surface area contributed by atoms with E-state index in [4.69, 9.17) is 4.74 Å². The summed E-state index contributed by atoms with van der Waals surface area (Å²) in [7, 11) is 1.59. The Labute approximate surface area is 151 Å². The van der Waals surface area contributed by atoms with Crippen molar-refractivity contribution in [1.82, 2.24) is 30.4 Å². The van der Waals surface area contributed by atoms with Gasteiger partial charge in [-0.1, -0.05) is 12.1 Å². The van der Waals surface area contributed by atoms with E-state index in [2.05, 4.69) is 20.7 Å². The Morgan fingerprint density at radius 3 is 2.46 bits per heavy atom. The molecule has 1 atom stereocenters. The van der Waals surface area contributed by atoms with Gasteiger partial charge < -0.3 is 10.1 Å². The highest BCUT2D eigenvalue weighted by atomic mass is 16.5. The van der Waals surface area contributed by atoms with Crippen LogP contribution in [0, 0.1) is 0 Å². The van der Waals surface area contributed by atoms with Crippen molar-refractivity contribution in [2.24, 2.45) is 0 Å². The number of ether oxygens (including phenoxy) is 1. The Morgan fingerprint density at radius 2 is 1.92 bits per heavy atom. The maximum Gasteiger partial charge on any atom is 0.325 e. The van der Waals surface area contributed by atoms with Crippen LogP contribution in [-0.4, -0.2) is 44.2 Å². The summed E-state index contributed by atoms with van der Waals surface area (Å²) in [5.74, 6) is 0.768. The van der Waals surface area contributed by atoms with Gasteiger partial charge in [0.2, 0.25) is 5.91 Å². The van der Waals surface area contributed by atoms with Crippen LogP contribution in [0.4, 0.5) is 4.79 Å². The second kappa shape index (κ2) is 6.74. The highest BCUT2D eigenvalue weighted by Gasteiger charge is 2.33. The van der Waals surface area contributed by atoms with Crippen molar-refractivity contribution in [1.29, 1.82) is 0 Å². The number of hydrogen-bond donors (Lipinski definition) is 1. The SMILES string of the molecule is COc1ccc(C2CC(=O)N(Cc3nnn(C(C)(C)C)n3)C(=O)N2)cc1. The number of amides is 3. The fourth-order valence-electron chi connectivity index (χ4n) is 2.61. The van der Waals surface area contributed by atoms with E-state index < -0.39 is 6.03 Å². The van der Waals surface area contributed by atoms with Gasteiger partial charge in [0.15, 0.2) is 5.82 Å². The molecule has 2 heterocycles. The molecular weight excluding hydrogens is 336 g/mol. The summed E-state index contributed by atoms with van der Waals surface area (Å²) >= 11 is 0.